The molecule has 1 aromatic carbocycles. The number of carbonyl (C=O) groups excluding carboxylic acids is 1. The van der Waals surface area contributed by atoms with Gasteiger partial charge >= 0.3 is 6.03 Å². The number of fused-ring (bicyclic) bond motifs is 2. The standard InChI is InChI=1S/C25H26N6O4S/c1-16-13-17-3-2-4-21(17)24(23(16)18-6-11-31-19(14-18)5-9-26-31)27-25(32)29-36(33,34)22-7-10-30(28-22)15-20-8-12-35-20/h5-7,9-11,13-14,20H,2-4,8,12,15H2,1H3,(H2,27,29,32)/t20-/m0/s1. The third kappa shape index (κ3) is 4.14. The van der Waals surface area contributed by atoms with Gasteiger partial charge in [0.1, 0.15) is 0 Å². The fraction of sp³-hybridized carbons (Fsp3) is 0.320. The van der Waals surface area contributed by atoms with Gasteiger partial charge < -0.3 is 10.1 Å². The summed E-state index contributed by atoms with van der Waals surface area (Å²) in [6.07, 6.45) is 8.86. The average Bonchev–Trinajstić information content (AvgIpc) is 3.55. The van der Waals surface area contributed by atoms with E-state index in [-0.39, 0.29) is 11.1 Å². The summed E-state index contributed by atoms with van der Waals surface area (Å²) in [5.41, 5.74) is 6.59. The maximum Gasteiger partial charge on any atom is 0.333 e. The number of hydrogen-bond acceptors (Lipinski definition) is 6. The lowest BCUT2D eigenvalue weighted by Gasteiger charge is -2.25. The fourth-order valence-electron chi connectivity index (χ4n) is 5.02. The first-order chi connectivity index (χ1) is 17.4. The second kappa shape index (κ2) is 8.75. The number of rotatable bonds is 6. The van der Waals surface area contributed by atoms with Crippen molar-refractivity contribution in [1.29, 1.82) is 0 Å². The van der Waals surface area contributed by atoms with Crippen LogP contribution in [0.15, 0.2) is 53.9 Å². The van der Waals surface area contributed by atoms with Gasteiger partial charge in [0, 0.05) is 30.8 Å². The molecule has 11 heteroatoms. The molecule has 6 rings (SSSR count). The number of amides is 2. The Morgan fingerprint density at radius 1 is 1.19 bits per heavy atom. The average molecular weight is 507 g/mol. The van der Waals surface area contributed by atoms with Crippen molar-refractivity contribution in [1.82, 2.24) is 24.1 Å². The first-order valence-corrected chi connectivity index (χ1v) is 13.4. The van der Waals surface area contributed by atoms with E-state index in [0.717, 1.165) is 53.5 Å². The van der Waals surface area contributed by atoms with Gasteiger partial charge in [0.05, 0.1) is 23.9 Å². The van der Waals surface area contributed by atoms with Crippen LogP contribution in [0.3, 0.4) is 0 Å². The second-order valence-corrected chi connectivity index (χ2v) is 10.9. The van der Waals surface area contributed by atoms with Crippen LogP contribution in [0.2, 0.25) is 0 Å². The molecule has 4 heterocycles. The molecule has 0 radical (unpaired) electrons. The molecule has 1 aliphatic heterocycles. The van der Waals surface area contributed by atoms with E-state index in [0.29, 0.717) is 18.8 Å². The molecule has 1 saturated heterocycles. The van der Waals surface area contributed by atoms with Crippen molar-refractivity contribution in [3.05, 3.63) is 65.6 Å². The molecule has 0 saturated carbocycles. The molecule has 10 nitrogen and oxygen atoms in total. The molecule has 2 amide bonds. The molecule has 4 aromatic rings. The van der Waals surface area contributed by atoms with Crippen molar-refractivity contribution in [2.45, 2.75) is 50.3 Å². The first-order valence-electron chi connectivity index (χ1n) is 12.0. The van der Waals surface area contributed by atoms with E-state index < -0.39 is 16.1 Å². The Balaban J connectivity index is 1.29. The number of anilines is 1. The van der Waals surface area contributed by atoms with Gasteiger partial charge in [-0.3, -0.25) is 4.68 Å². The molecular formula is C25H26N6O4S. The summed E-state index contributed by atoms with van der Waals surface area (Å²) in [4.78, 5) is 13.0. The Kier molecular flexibility index (Phi) is 5.53. The van der Waals surface area contributed by atoms with Crippen molar-refractivity contribution in [3.8, 4) is 11.1 Å². The number of aromatic nitrogens is 4. The SMILES string of the molecule is Cc1cc2c(c(NC(=O)NS(=O)(=O)c3ccn(C[C@@H]4CCO4)n3)c1-c1ccn3nccc3c1)CCC2. The van der Waals surface area contributed by atoms with E-state index in [2.05, 4.69) is 26.3 Å². The summed E-state index contributed by atoms with van der Waals surface area (Å²) in [6.45, 7) is 3.19. The number of aryl methyl sites for hydroxylation is 2. The molecule has 1 atom stereocenters. The third-order valence-corrected chi connectivity index (χ3v) is 8.05. The molecule has 0 unspecified atom stereocenters. The van der Waals surface area contributed by atoms with E-state index in [9.17, 15) is 13.2 Å². The van der Waals surface area contributed by atoms with Crippen molar-refractivity contribution in [2.24, 2.45) is 0 Å². The van der Waals surface area contributed by atoms with E-state index in [1.807, 2.05) is 31.3 Å². The summed E-state index contributed by atoms with van der Waals surface area (Å²) in [5, 5.41) is 11.0. The van der Waals surface area contributed by atoms with E-state index in [4.69, 9.17) is 4.74 Å². The van der Waals surface area contributed by atoms with Crippen LogP contribution < -0.4 is 10.0 Å². The fourth-order valence-corrected chi connectivity index (χ4v) is 5.87. The van der Waals surface area contributed by atoms with Gasteiger partial charge in [-0.25, -0.2) is 14.0 Å². The molecule has 3 aromatic heterocycles. The molecule has 186 valence electrons. The Hall–Kier alpha value is -3.70. The molecule has 1 aliphatic carbocycles. The lowest BCUT2D eigenvalue weighted by Crippen LogP contribution is -2.35. The highest BCUT2D eigenvalue weighted by Gasteiger charge is 2.26. The normalized spacial score (nSPS) is 17.1. The second-order valence-electron chi connectivity index (χ2n) is 9.27. The van der Waals surface area contributed by atoms with Crippen LogP contribution in [-0.2, 0) is 34.1 Å². The maximum absolute atomic E-state index is 13.0. The minimum atomic E-state index is -4.15. The number of ether oxygens (including phenoxy) is 1. The summed E-state index contributed by atoms with van der Waals surface area (Å²) in [7, 11) is -4.15. The summed E-state index contributed by atoms with van der Waals surface area (Å²) < 4.78 is 36.6. The number of sulfonamides is 1. The monoisotopic (exact) mass is 506 g/mol. The van der Waals surface area contributed by atoms with Crippen molar-refractivity contribution >= 4 is 27.3 Å². The Morgan fingerprint density at radius 2 is 2.06 bits per heavy atom. The van der Waals surface area contributed by atoms with Gasteiger partial charge in [-0.2, -0.15) is 18.6 Å². The predicted octanol–water partition coefficient (Wildman–Crippen LogP) is 3.29. The van der Waals surface area contributed by atoms with Gasteiger partial charge in [0.2, 0.25) is 0 Å². The number of urea groups is 1. The van der Waals surface area contributed by atoms with Gasteiger partial charge in [-0.05, 0) is 79.1 Å². The van der Waals surface area contributed by atoms with Crippen LogP contribution in [0.4, 0.5) is 10.5 Å². The van der Waals surface area contributed by atoms with Crippen molar-refractivity contribution in [2.75, 3.05) is 11.9 Å². The lowest BCUT2D eigenvalue weighted by atomic mass is 9.93. The topological polar surface area (TPSA) is 120 Å². The smallest absolute Gasteiger partial charge is 0.333 e. The summed E-state index contributed by atoms with van der Waals surface area (Å²) in [6, 6.07) is 8.59. The highest BCUT2D eigenvalue weighted by atomic mass is 32.2. The zero-order valence-electron chi connectivity index (χ0n) is 19.8. The number of carbonyl (C=O) groups is 1. The zero-order valence-corrected chi connectivity index (χ0v) is 20.6. The molecule has 2 N–H and O–H groups in total. The quantitative estimate of drug-likeness (QED) is 0.414. The van der Waals surface area contributed by atoms with Gasteiger partial charge in [-0.15, -0.1) is 0 Å². The van der Waals surface area contributed by atoms with Crippen LogP contribution in [-0.4, -0.2) is 46.6 Å². The number of hydrogen-bond donors (Lipinski definition) is 2. The van der Waals surface area contributed by atoms with Gasteiger partial charge in [-0.1, -0.05) is 6.07 Å². The number of benzene rings is 1. The molecule has 0 bridgehead atoms. The Labute approximate surface area is 208 Å². The van der Waals surface area contributed by atoms with Crippen molar-refractivity contribution in [3.63, 3.8) is 0 Å². The summed E-state index contributed by atoms with van der Waals surface area (Å²) >= 11 is 0. The summed E-state index contributed by atoms with van der Waals surface area (Å²) in [5.74, 6) is 0. The molecule has 36 heavy (non-hydrogen) atoms. The van der Waals surface area contributed by atoms with Gasteiger partial charge in [0.15, 0.2) is 5.03 Å². The third-order valence-electron chi connectivity index (χ3n) is 6.83. The maximum atomic E-state index is 13.0. The largest absolute Gasteiger partial charge is 0.376 e. The molecule has 2 aliphatic rings. The molecular weight excluding hydrogens is 480 g/mol. The van der Waals surface area contributed by atoms with Crippen LogP contribution in [0.25, 0.3) is 16.6 Å². The van der Waals surface area contributed by atoms with Crippen LogP contribution in [0.1, 0.15) is 29.5 Å². The lowest BCUT2D eigenvalue weighted by molar-refractivity contribution is -0.0610. The van der Waals surface area contributed by atoms with Crippen molar-refractivity contribution < 1.29 is 17.9 Å². The number of nitrogens with one attached hydrogen (secondary N) is 2. The van der Waals surface area contributed by atoms with E-state index in [1.54, 1.807) is 16.9 Å². The van der Waals surface area contributed by atoms with Crippen LogP contribution in [0.5, 0.6) is 0 Å². The highest BCUT2D eigenvalue weighted by molar-refractivity contribution is 7.90. The number of nitrogens with zero attached hydrogens (tertiary/aromatic N) is 4. The minimum absolute atomic E-state index is 0.0420. The molecule has 1 fully saturated rings. The van der Waals surface area contributed by atoms with Crippen LogP contribution in [0, 0.1) is 6.92 Å². The molecule has 0 spiro atoms. The predicted molar refractivity (Wildman–Crippen MR) is 133 cm³/mol. The van der Waals surface area contributed by atoms with Crippen LogP contribution >= 0.6 is 0 Å². The zero-order chi connectivity index (χ0) is 24.9. The minimum Gasteiger partial charge on any atom is -0.376 e. The first kappa shape index (κ1) is 22.7. The van der Waals surface area contributed by atoms with E-state index >= 15 is 0 Å². The Morgan fingerprint density at radius 3 is 2.86 bits per heavy atom. The van der Waals surface area contributed by atoms with E-state index in [1.165, 1.54) is 16.3 Å². The Bertz CT molecular complexity index is 1590. The van der Waals surface area contributed by atoms with Gasteiger partial charge in [0.25, 0.3) is 10.0 Å². The number of pyridine rings is 1. The highest BCUT2D eigenvalue weighted by Crippen LogP contribution is 2.40.